The number of Topliss-reactive ketones (excluding diaryl/α,β-unsaturated/α-hetero) is 1. The average Bonchev–Trinajstić information content (AvgIpc) is 2.85. The Morgan fingerprint density at radius 1 is 1.00 bits per heavy atom. The summed E-state index contributed by atoms with van der Waals surface area (Å²) < 4.78 is 0. The van der Waals surface area contributed by atoms with Crippen LogP contribution >= 0.6 is 0 Å². The number of amidine groups is 2. The van der Waals surface area contributed by atoms with Crippen molar-refractivity contribution in [1.29, 1.82) is 10.8 Å². The van der Waals surface area contributed by atoms with Gasteiger partial charge in [0.2, 0.25) is 0 Å². The molecule has 0 radical (unpaired) electrons. The van der Waals surface area contributed by atoms with E-state index in [1.165, 1.54) is 0 Å². The van der Waals surface area contributed by atoms with Crippen molar-refractivity contribution < 1.29 is 4.79 Å². The number of allylic oxidation sites excluding steroid dienone is 6. The Morgan fingerprint density at radius 2 is 1.64 bits per heavy atom. The average molecular weight is 374 g/mol. The van der Waals surface area contributed by atoms with E-state index in [0.717, 1.165) is 48.0 Å². The summed E-state index contributed by atoms with van der Waals surface area (Å²) in [6.07, 6.45) is 14.1. The molecule has 1 aromatic carbocycles. The molecular weight excluding hydrogens is 348 g/mol. The summed E-state index contributed by atoms with van der Waals surface area (Å²) in [5.74, 6) is 0.276. The van der Waals surface area contributed by atoms with Gasteiger partial charge in [0.05, 0.1) is 5.84 Å². The summed E-state index contributed by atoms with van der Waals surface area (Å²) in [5, 5.41) is 15.0. The molecule has 0 unspecified atom stereocenters. The van der Waals surface area contributed by atoms with Crippen LogP contribution in [-0.4, -0.2) is 17.5 Å². The van der Waals surface area contributed by atoms with E-state index in [9.17, 15) is 4.79 Å². The van der Waals surface area contributed by atoms with E-state index in [4.69, 9.17) is 22.3 Å². The molecule has 6 N–H and O–H groups in total. The van der Waals surface area contributed by atoms with Gasteiger partial charge in [-0.2, -0.15) is 0 Å². The van der Waals surface area contributed by atoms with E-state index >= 15 is 0 Å². The van der Waals surface area contributed by atoms with Gasteiger partial charge in [0.1, 0.15) is 5.84 Å². The topological polar surface area (TPSA) is 117 Å². The summed E-state index contributed by atoms with van der Waals surface area (Å²) in [6, 6.07) is 7.38. The first-order chi connectivity index (χ1) is 13.4. The minimum atomic E-state index is -0.0413. The Hall–Kier alpha value is -3.21. The number of rotatable bonds is 4. The molecule has 144 valence electrons. The van der Waals surface area contributed by atoms with Crippen molar-refractivity contribution in [2.45, 2.75) is 32.1 Å². The van der Waals surface area contributed by atoms with Gasteiger partial charge in [-0.1, -0.05) is 42.5 Å². The second-order valence-corrected chi connectivity index (χ2v) is 7.27. The van der Waals surface area contributed by atoms with E-state index in [1.807, 2.05) is 42.5 Å². The fourth-order valence-electron chi connectivity index (χ4n) is 3.48. The molecule has 0 heterocycles. The van der Waals surface area contributed by atoms with Gasteiger partial charge in [-0.25, -0.2) is 0 Å². The molecule has 1 atom stereocenters. The molecule has 5 nitrogen and oxygen atoms in total. The number of nitrogens with two attached hydrogens (primary N) is 2. The van der Waals surface area contributed by atoms with Crippen LogP contribution in [-0.2, 0) is 4.79 Å². The maximum Gasteiger partial charge on any atom is 0.185 e. The first kappa shape index (κ1) is 19.5. The van der Waals surface area contributed by atoms with Gasteiger partial charge in [-0.15, -0.1) is 0 Å². The van der Waals surface area contributed by atoms with Gasteiger partial charge < -0.3 is 11.5 Å². The zero-order valence-corrected chi connectivity index (χ0v) is 15.9. The predicted octanol–water partition coefficient (Wildman–Crippen LogP) is 3.86. The van der Waals surface area contributed by atoms with Crippen LogP contribution in [0.25, 0.3) is 6.08 Å². The number of nitrogens with one attached hydrogen (secondary N) is 2. The van der Waals surface area contributed by atoms with Crippen LogP contribution in [0.5, 0.6) is 0 Å². The van der Waals surface area contributed by atoms with Crippen molar-refractivity contribution in [3.05, 3.63) is 76.4 Å². The van der Waals surface area contributed by atoms with Crippen molar-refractivity contribution in [2.75, 3.05) is 0 Å². The zero-order chi connectivity index (χ0) is 20.1. The third kappa shape index (κ3) is 4.74. The molecule has 1 fully saturated rings. The largest absolute Gasteiger partial charge is 0.387 e. The lowest BCUT2D eigenvalue weighted by Gasteiger charge is -2.14. The summed E-state index contributed by atoms with van der Waals surface area (Å²) in [4.78, 5) is 13.1. The second kappa shape index (κ2) is 8.65. The molecule has 2 aliphatic carbocycles. The number of benzene rings is 1. The highest BCUT2D eigenvalue weighted by molar-refractivity contribution is 6.11. The number of hydrogen-bond acceptors (Lipinski definition) is 3. The quantitative estimate of drug-likeness (QED) is 0.277. The first-order valence-electron chi connectivity index (χ1n) is 9.56. The monoisotopic (exact) mass is 374 g/mol. The van der Waals surface area contributed by atoms with Crippen molar-refractivity contribution >= 4 is 23.5 Å². The van der Waals surface area contributed by atoms with Gasteiger partial charge in [-0.3, -0.25) is 15.6 Å². The molecule has 5 heteroatoms. The van der Waals surface area contributed by atoms with Crippen molar-refractivity contribution in [2.24, 2.45) is 17.4 Å². The Morgan fingerprint density at radius 3 is 2.18 bits per heavy atom. The zero-order valence-electron chi connectivity index (χ0n) is 15.9. The summed E-state index contributed by atoms with van der Waals surface area (Å²) in [5.41, 5.74) is 15.3. The lowest BCUT2D eigenvalue weighted by Crippen LogP contribution is -2.21. The van der Waals surface area contributed by atoms with Gasteiger partial charge in [0.15, 0.2) is 5.78 Å². The molecule has 0 aliphatic heterocycles. The molecule has 3 rings (SSSR count). The second-order valence-electron chi connectivity index (χ2n) is 7.27. The van der Waals surface area contributed by atoms with Crippen molar-refractivity contribution in [1.82, 2.24) is 0 Å². The summed E-state index contributed by atoms with van der Waals surface area (Å²) in [6.45, 7) is 0. The van der Waals surface area contributed by atoms with Crippen LogP contribution < -0.4 is 11.5 Å². The molecule has 0 saturated heterocycles. The number of hydrogen-bond donors (Lipinski definition) is 4. The molecule has 1 saturated carbocycles. The molecule has 1 aromatic rings. The fourth-order valence-corrected chi connectivity index (χ4v) is 3.48. The lowest BCUT2D eigenvalue weighted by molar-refractivity contribution is -0.112. The number of carbonyl (C=O) groups excluding carboxylic acids is 1. The van der Waals surface area contributed by atoms with Gasteiger partial charge >= 0.3 is 0 Å². The Bertz CT molecular complexity index is 916. The maximum atomic E-state index is 13.1. The Kier molecular flexibility index (Phi) is 6.04. The molecule has 0 aromatic heterocycles. The minimum Gasteiger partial charge on any atom is -0.387 e. The smallest absolute Gasteiger partial charge is 0.185 e. The molecule has 28 heavy (non-hydrogen) atoms. The third-order valence-corrected chi connectivity index (χ3v) is 5.16. The van der Waals surface area contributed by atoms with E-state index in [0.29, 0.717) is 12.0 Å². The lowest BCUT2D eigenvalue weighted by atomic mass is 9.92. The summed E-state index contributed by atoms with van der Waals surface area (Å²) in [7, 11) is 0. The van der Waals surface area contributed by atoms with Crippen LogP contribution in [0.2, 0.25) is 0 Å². The minimum absolute atomic E-state index is 0.0378. The van der Waals surface area contributed by atoms with E-state index in [1.54, 1.807) is 12.1 Å². The standard InChI is InChI=1S/C23H26N4O/c24-22(25)17-9-5-15(6-10-17)13-19-3-1-2-4-20(21(19)28)14-16-7-11-18(12-8-16)23(26)27/h5-11,13-14,18H,1-4,12H2,(H3,24,25)(H3,26,27)/b19-13+,20-14+/t18-/m0/s1. The highest BCUT2D eigenvalue weighted by atomic mass is 16.1. The molecule has 0 spiro atoms. The SMILES string of the molecule is N=C(N)c1ccc(/C=C2\CCCC/C(=C\C3=CC[C@@H](C(=N)N)C=C3)C2=O)cc1. The van der Waals surface area contributed by atoms with Crippen LogP contribution in [0.15, 0.2) is 65.3 Å². The van der Waals surface area contributed by atoms with Crippen molar-refractivity contribution in [3.63, 3.8) is 0 Å². The van der Waals surface area contributed by atoms with Crippen molar-refractivity contribution in [3.8, 4) is 0 Å². The predicted molar refractivity (Wildman–Crippen MR) is 114 cm³/mol. The molecule has 0 amide bonds. The highest BCUT2D eigenvalue weighted by Gasteiger charge is 2.19. The summed E-state index contributed by atoms with van der Waals surface area (Å²) >= 11 is 0. The highest BCUT2D eigenvalue weighted by Crippen LogP contribution is 2.28. The van der Waals surface area contributed by atoms with Gasteiger partial charge in [0, 0.05) is 22.6 Å². The molecule has 2 aliphatic rings. The van der Waals surface area contributed by atoms with E-state index in [2.05, 4.69) is 0 Å². The van der Waals surface area contributed by atoms with Gasteiger partial charge in [0.25, 0.3) is 0 Å². The van der Waals surface area contributed by atoms with E-state index in [-0.39, 0.29) is 23.4 Å². The maximum absolute atomic E-state index is 13.1. The number of carbonyl (C=O) groups is 1. The van der Waals surface area contributed by atoms with Crippen LogP contribution in [0, 0.1) is 16.7 Å². The van der Waals surface area contributed by atoms with Crippen LogP contribution in [0.3, 0.4) is 0 Å². The number of ketones is 1. The molecular formula is C23H26N4O. The molecule has 0 bridgehead atoms. The van der Waals surface area contributed by atoms with E-state index < -0.39 is 0 Å². The normalized spacial score (nSPS) is 22.8. The third-order valence-electron chi connectivity index (χ3n) is 5.16. The fraction of sp³-hybridized carbons (Fsp3) is 0.261. The first-order valence-corrected chi connectivity index (χ1v) is 9.56. The Labute approximate surface area is 165 Å². The van der Waals surface area contributed by atoms with Crippen LogP contribution in [0.4, 0.5) is 0 Å². The van der Waals surface area contributed by atoms with Crippen LogP contribution in [0.1, 0.15) is 43.2 Å². The Balaban J connectivity index is 1.81. The van der Waals surface area contributed by atoms with Gasteiger partial charge in [-0.05, 0) is 55.4 Å². The number of nitrogen functional groups attached to an aromatic ring is 1.